The zero-order valence-electron chi connectivity index (χ0n) is 13.3. The van der Waals surface area contributed by atoms with Gasteiger partial charge in [0.15, 0.2) is 5.76 Å². The van der Waals surface area contributed by atoms with Crippen molar-refractivity contribution in [3.63, 3.8) is 0 Å². The van der Waals surface area contributed by atoms with Crippen molar-refractivity contribution in [3.8, 4) is 22.8 Å². The van der Waals surface area contributed by atoms with Crippen LogP contribution in [0.3, 0.4) is 0 Å². The molecule has 0 fully saturated rings. The molecular weight excluding hydrogens is 354 g/mol. The van der Waals surface area contributed by atoms with Gasteiger partial charge < -0.3 is 14.3 Å². The van der Waals surface area contributed by atoms with E-state index in [1.54, 1.807) is 36.4 Å². The minimum atomic E-state index is -0.367. The molecule has 0 unspecified atom stereocenters. The Kier molecular flexibility index (Phi) is 4.25. The fourth-order valence-electron chi connectivity index (χ4n) is 2.46. The summed E-state index contributed by atoms with van der Waals surface area (Å²) in [6, 6.07) is 17.6. The number of furan rings is 1. The van der Waals surface area contributed by atoms with E-state index in [1.807, 2.05) is 24.3 Å². The number of rotatable bonds is 4. The summed E-state index contributed by atoms with van der Waals surface area (Å²) in [5.41, 5.74) is 1.79. The van der Waals surface area contributed by atoms with Crippen molar-refractivity contribution in [1.82, 2.24) is 10.1 Å². The minimum absolute atomic E-state index is 0.210. The second-order valence-electron chi connectivity index (χ2n) is 5.38. The van der Waals surface area contributed by atoms with E-state index < -0.39 is 0 Å². The van der Waals surface area contributed by atoms with Gasteiger partial charge in [0.05, 0.1) is 22.5 Å². The Hall–Kier alpha value is -3.38. The first-order valence-corrected chi connectivity index (χ1v) is 8.13. The molecule has 1 N–H and O–H groups in total. The van der Waals surface area contributed by atoms with Gasteiger partial charge in [-0.2, -0.15) is 4.98 Å². The maximum absolute atomic E-state index is 12.2. The van der Waals surface area contributed by atoms with Crippen LogP contribution in [0.2, 0.25) is 5.02 Å². The molecule has 1 amide bonds. The average molecular weight is 366 g/mol. The third-order valence-electron chi connectivity index (χ3n) is 3.69. The van der Waals surface area contributed by atoms with Gasteiger partial charge in [0, 0.05) is 5.56 Å². The number of para-hydroxylation sites is 1. The minimum Gasteiger partial charge on any atom is -0.459 e. The number of benzene rings is 2. The molecule has 2 heterocycles. The number of hydrogen-bond donors (Lipinski definition) is 1. The molecule has 0 saturated carbocycles. The largest absolute Gasteiger partial charge is 0.459 e. The number of halogens is 1. The van der Waals surface area contributed by atoms with Crippen LogP contribution in [0.5, 0.6) is 0 Å². The summed E-state index contributed by atoms with van der Waals surface area (Å²) in [6.45, 7) is 0. The maximum atomic E-state index is 12.2. The quantitative estimate of drug-likeness (QED) is 0.556. The van der Waals surface area contributed by atoms with E-state index in [0.717, 1.165) is 0 Å². The van der Waals surface area contributed by atoms with Crippen molar-refractivity contribution in [3.05, 3.63) is 77.7 Å². The fraction of sp³-hybridized carbons (Fsp3) is 0. The molecule has 2 aromatic heterocycles. The number of hydrogen-bond acceptors (Lipinski definition) is 5. The lowest BCUT2D eigenvalue weighted by Crippen LogP contribution is -2.11. The number of nitrogens with one attached hydrogen (secondary N) is 1. The third kappa shape index (κ3) is 3.10. The van der Waals surface area contributed by atoms with Gasteiger partial charge in [-0.15, -0.1) is 0 Å². The van der Waals surface area contributed by atoms with E-state index in [-0.39, 0.29) is 17.6 Å². The van der Waals surface area contributed by atoms with Crippen LogP contribution in [-0.2, 0) is 0 Å². The molecular formula is C19H12ClN3O3. The first-order valence-electron chi connectivity index (χ1n) is 7.75. The van der Waals surface area contributed by atoms with Crippen LogP contribution < -0.4 is 5.32 Å². The third-order valence-corrected chi connectivity index (χ3v) is 4.02. The predicted molar refractivity (Wildman–Crippen MR) is 96.8 cm³/mol. The molecule has 0 atom stereocenters. The molecule has 26 heavy (non-hydrogen) atoms. The highest BCUT2D eigenvalue weighted by molar-refractivity contribution is 6.33. The van der Waals surface area contributed by atoms with E-state index in [1.165, 1.54) is 6.26 Å². The van der Waals surface area contributed by atoms with Gasteiger partial charge in [0.25, 0.3) is 11.8 Å². The Balaban J connectivity index is 1.67. The SMILES string of the molecule is O=C(Nc1ccccc1-c1nc(-c2ccccc2Cl)no1)c1ccco1. The summed E-state index contributed by atoms with van der Waals surface area (Å²) in [5.74, 6) is 0.489. The molecule has 0 radical (unpaired) electrons. The smallest absolute Gasteiger partial charge is 0.291 e. The molecule has 6 nitrogen and oxygen atoms in total. The molecule has 4 aromatic rings. The zero-order valence-corrected chi connectivity index (χ0v) is 14.1. The second-order valence-corrected chi connectivity index (χ2v) is 5.79. The van der Waals surface area contributed by atoms with Crippen LogP contribution in [0.4, 0.5) is 5.69 Å². The van der Waals surface area contributed by atoms with Gasteiger partial charge in [0.2, 0.25) is 5.82 Å². The van der Waals surface area contributed by atoms with Crippen molar-refractivity contribution in [2.24, 2.45) is 0 Å². The standard InChI is InChI=1S/C19H12ClN3O3/c20-14-8-3-1-6-12(14)17-22-19(26-23-17)13-7-2-4-9-15(13)21-18(24)16-10-5-11-25-16/h1-11H,(H,21,24). The van der Waals surface area contributed by atoms with E-state index in [9.17, 15) is 4.79 Å². The first kappa shape index (κ1) is 16.1. The molecule has 7 heteroatoms. The van der Waals surface area contributed by atoms with Gasteiger partial charge in [-0.1, -0.05) is 41.0 Å². The number of carbonyl (C=O) groups is 1. The number of amides is 1. The predicted octanol–water partition coefficient (Wildman–Crippen LogP) is 4.90. The van der Waals surface area contributed by atoms with Crippen molar-refractivity contribution < 1.29 is 13.7 Å². The summed E-state index contributed by atoms with van der Waals surface area (Å²) < 4.78 is 10.5. The van der Waals surface area contributed by atoms with E-state index in [2.05, 4.69) is 15.5 Å². The van der Waals surface area contributed by atoms with Crippen LogP contribution in [0.1, 0.15) is 10.6 Å². The Morgan fingerprint density at radius 2 is 1.73 bits per heavy atom. The zero-order chi connectivity index (χ0) is 17.9. The summed E-state index contributed by atoms with van der Waals surface area (Å²) >= 11 is 6.18. The number of carbonyl (C=O) groups excluding carboxylic acids is 1. The molecule has 0 spiro atoms. The molecule has 0 aliphatic carbocycles. The molecule has 2 aromatic carbocycles. The molecule has 128 valence electrons. The van der Waals surface area contributed by atoms with Crippen LogP contribution in [0, 0.1) is 0 Å². The summed E-state index contributed by atoms with van der Waals surface area (Å²) in [4.78, 5) is 16.6. The highest BCUT2D eigenvalue weighted by Gasteiger charge is 2.17. The van der Waals surface area contributed by atoms with E-state index >= 15 is 0 Å². The van der Waals surface area contributed by atoms with Crippen molar-refractivity contribution in [2.45, 2.75) is 0 Å². The molecule has 0 aliphatic rings. The molecule has 0 saturated heterocycles. The Morgan fingerprint density at radius 3 is 2.50 bits per heavy atom. The summed E-state index contributed by atoms with van der Waals surface area (Å²) in [7, 11) is 0. The first-order chi connectivity index (χ1) is 12.7. The van der Waals surface area contributed by atoms with Gasteiger partial charge >= 0.3 is 0 Å². The molecule has 4 rings (SSSR count). The van der Waals surface area contributed by atoms with Crippen molar-refractivity contribution in [2.75, 3.05) is 5.32 Å². The number of aromatic nitrogens is 2. The number of anilines is 1. The maximum Gasteiger partial charge on any atom is 0.291 e. The van der Waals surface area contributed by atoms with Gasteiger partial charge in [-0.3, -0.25) is 4.79 Å². The van der Waals surface area contributed by atoms with Gasteiger partial charge in [-0.25, -0.2) is 0 Å². The Morgan fingerprint density at radius 1 is 0.962 bits per heavy atom. The normalized spacial score (nSPS) is 10.7. The monoisotopic (exact) mass is 365 g/mol. The fourth-order valence-corrected chi connectivity index (χ4v) is 2.68. The van der Waals surface area contributed by atoms with Crippen LogP contribution in [-0.4, -0.2) is 16.0 Å². The van der Waals surface area contributed by atoms with E-state index in [0.29, 0.717) is 27.7 Å². The van der Waals surface area contributed by atoms with Gasteiger partial charge in [0.1, 0.15) is 0 Å². The summed E-state index contributed by atoms with van der Waals surface area (Å²) in [6.07, 6.45) is 1.44. The molecule has 0 aliphatic heterocycles. The van der Waals surface area contributed by atoms with Crippen LogP contribution >= 0.6 is 11.6 Å². The highest BCUT2D eigenvalue weighted by atomic mass is 35.5. The topological polar surface area (TPSA) is 81.2 Å². The number of nitrogens with zero attached hydrogens (tertiary/aromatic N) is 2. The summed E-state index contributed by atoms with van der Waals surface area (Å²) in [5, 5.41) is 7.30. The lowest BCUT2D eigenvalue weighted by atomic mass is 10.1. The van der Waals surface area contributed by atoms with Crippen LogP contribution in [0.25, 0.3) is 22.8 Å². The highest BCUT2D eigenvalue weighted by Crippen LogP contribution is 2.31. The Bertz CT molecular complexity index is 1060. The average Bonchev–Trinajstić information content (AvgIpc) is 3.35. The lowest BCUT2D eigenvalue weighted by Gasteiger charge is -2.06. The van der Waals surface area contributed by atoms with Crippen LogP contribution in [0.15, 0.2) is 75.9 Å². The van der Waals surface area contributed by atoms with E-state index in [4.69, 9.17) is 20.5 Å². The Labute approximate surface area is 153 Å². The lowest BCUT2D eigenvalue weighted by molar-refractivity contribution is 0.0996. The van der Waals surface area contributed by atoms with Crippen molar-refractivity contribution in [1.29, 1.82) is 0 Å². The second kappa shape index (κ2) is 6.85. The van der Waals surface area contributed by atoms with Crippen molar-refractivity contribution >= 4 is 23.2 Å². The molecule has 0 bridgehead atoms. The van der Waals surface area contributed by atoms with Gasteiger partial charge in [-0.05, 0) is 36.4 Å².